The number of hydrogen-bond donors (Lipinski definition) is 0. The van der Waals surface area contributed by atoms with E-state index in [1.807, 2.05) is 0 Å². The lowest BCUT2D eigenvalue weighted by Gasteiger charge is -2.40. The molecular weight excluding hydrogens is 232 g/mol. The average Bonchev–Trinajstić information content (AvgIpc) is 2.47. The molecule has 0 amide bonds. The summed E-state index contributed by atoms with van der Waals surface area (Å²) >= 11 is 0. The predicted octanol–water partition coefficient (Wildman–Crippen LogP) is 5.38. The van der Waals surface area contributed by atoms with Crippen molar-refractivity contribution in [1.29, 1.82) is 0 Å². The summed E-state index contributed by atoms with van der Waals surface area (Å²) in [6.45, 7) is 4.78. The summed E-state index contributed by atoms with van der Waals surface area (Å²) in [5.74, 6) is 4.16. The highest BCUT2D eigenvalue weighted by atomic mass is 16.1. The van der Waals surface area contributed by atoms with Crippen LogP contribution in [0.5, 0.6) is 0 Å². The van der Waals surface area contributed by atoms with Gasteiger partial charge in [-0.25, -0.2) is 0 Å². The fourth-order valence-electron chi connectivity index (χ4n) is 4.92. The molecule has 0 aliphatic heterocycles. The highest BCUT2D eigenvalue weighted by Crippen LogP contribution is 2.43. The van der Waals surface area contributed by atoms with Gasteiger partial charge in [0.2, 0.25) is 0 Å². The van der Waals surface area contributed by atoms with Crippen LogP contribution in [0.3, 0.4) is 0 Å². The standard InChI is InChI=1S/C18H32O/c1-3-17(14-8-6-5-7-9-14)18(4-2)15-10-12-16(19)13-11-15/h14-15,17-18H,3-13H2,1-2H3. The maximum Gasteiger partial charge on any atom is 0.132 e. The Morgan fingerprint density at radius 1 is 0.842 bits per heavy atom. The van der Waals surface area contributed by atoms with Crippen LogP contribution in [0.25, 0.3) is 0 Å². The zero-order chi connectivity index (χ0) is 13.7. The molecule has 1 heteroatoms. The molecule has 0 saturated heterocycles. The van der Waals surface area contributed by atoms with E-state index in [9.17, 15) is 4.79 Å². The lowest BCUT2D eigenvalue weighted by molar-refractivity contribution is -0.121. The molecule has 2 saturated carbocycles. The first-order valence-corrected chi connectivity index (χ1v) is 8.77. The van der Waals surface area contributed by atoms with Gasteiger partial charge in [-0.3, -0.25) is 4.79 Å². The lowest BCUT2D eigenvalue weighted by atomic mass is 9.65. The summed E-state index contributed by atoms with van der Waals surface area (Å²) in [5.41, 5.74) is 0. The Labute approximate surface area is 119 Å². The van der Waals surface area contributed by atoms with E-state index in [4.69, 9.17) is 0 Å². The van der Waals surface area contributed by atoms with Gasteiger partial charge >= 0.3 is 0 Å². The Morgan fingerprint density at radius 3 is 1.79 bits per heavy atom. The van der Waals surface area contributed by atoms with Gasteiger partial charge in [0.05, 0.1) is 0 Å². The smallest absolute Gasteiger partial charge is 0.132 e. The Balaban J connectivity index is 1.98. The second-order valence-electron chi connectivity index (χ2n) is 6.92. The SMILES string of the molecule is CCC(C1CCCCC1)C(CC)C1CCC(=O)CC1. The van der Waals surface area contributed by atoms with Gasteiger partial charge in [0, 0.05) is 12.8 Å². The molecule has 2 aliphatic carbocycles. The van der Waals surface area contributed by atoms with Gasteiger partial charge in [-0.15, -0.1) is 0 Å². The van der Waals surface area contributed by atoms with E-state index in [0.29, 0.717) is 5.78 Å². The minimum atomic E-state index is 0.511. The van der Waals surface area contributed by atoms with Crippen LogP contribution in [0.15, 0.2) is 0 Å². The first-order valence-electron chi connectivity index (χ1n) is 8.77. The van der Waals surface area contributed by atoms with Crippen molar-refractivity contribution in [2.45, 2.75) is 84.5 Å². The summed E-state index contributed by atoms with van der Waals surface area (Å²) < 4.78 is 0. The van der Waals surface area contributed by atoms with Crippen LogP contribution < -0.4 is 0 Å². The number of hydrogen-bond acceptors (Lipinski definition) is 1. The molecule has 110 valence electrons. The summed E-state index contributed by atoms with van der Waals surface area (Å²) in [6.07, 6.45) is 14.1. The first-order chi connectivity index (χ1) is 9.26. The molecule has 0 spiro atoms. The van der Waals surface area contributed by atoms with Gasteiger partial charge in [0.1, 0.15) is 5.78 Å². The molecule has 0 N–H and O–H groups in total. The predicted molar refractivity (Wildman–Crippen MR) is 81.1 cm³/mol. The van der Waals surface area contributed by atoms with Crippen LogP contribution in [0.2, 0.25) is 0 Å². The number of Topliss-reactive ketones (excluding diaryl/α,β-unsaturated/α-hetero) is 1. The van der Waals surface area contributed by atoms with E-state index < -0.39 is 0 Å². The van der Waals surface area contributed by atoms with Crippen molar-refractivity contribution in [2.24, 2.45) is 23.7 Å². The molecule has 2 unspecified atom stereocenters. The molecular formula is C18H32O. The fraction of sp³-hybridized carbons (Fsp3) is 0.944. The molecule has 0 aromatic heterocycles. The summed E-state index contributed by atoms with van der Waals surface area (Å²) in [5, 5.41) is 0. The van der Waals surface area contributed by atoms with Crippen LogP contribution >= 0.6 is 0 Å². The quantitative estimate of drug-likeness (QED) is 0.651. The summed E-state index contributed by atoms with van der Waals surface area (Å²) in [6, 6.07) is 0. The van der Waals surface area contributed by atoms with Crippen molar-refractivity contribution >= 4 is 5.78 Å². The van der Waals surface area contributed by atoms with Crippen molar-refractivity contribution < 1.29 is 4.79 Å². The number of carbonyl (C=O) groups is 1. The minimum Gasteiger partial charge on any atom is -0.300 e. The van der Waals surface area contributed by atoms with Crippen molar-refractivity contribution in [3.05, 3.63) is 0 Å². The van der Waals surface area contributed by atoms with Crippen molar-refractivity contribution in [3.8, 4) is 0 Å². The van der Waals surface area contributed by atoms with Crippen LogP contribution in [0, 0.1) is 23.7 Å². The third kappa shape index (κ3) is 3.83. The number of ketones is 1. The Kier molecular flexibility index (Phi) is 5.91. The molecule has 2 atom stereocenters. The first kappa shape index (κ1) is 15.1. The van der Waals surface area contributed by atoms with E-state index in [0.717, 1.165) is 36.5 Å². The molecule has 2 aliphatic rings. The molecule has 19 heavy (non-hydrogen) atoms. The average molecular weight is 264 g/mol. The van der Waals surface area contributed by atoms with E-state index in [-0.39, 0.29) is 0 Å². The topological polar surface area (TPSA) is 17.1 Å². The fourth-order valence-corrected chi connectivity index (χ4v) is 4.92. The van der Waals surface area contributed by atoms with Crippen LogP contribution in [-0.4, -0.2) is 5.78 Å². The van der Waals surface area contributed by atoms with Crippen LogP contribution in [0.1, 0.15) is 84.5 Å². The molecule has 0 radical (unpaired) electrons. The zero-order valence-electron chi connectivity index (χ0n) is 13.0. The molecule has 0 aromatic carbocycles. The maximum absolute atomic E-state index is 11.5. The lowest BCUT2D eigenvalue weighted by Crippen LogP contribution is -2.32. The van der Waals surface area contributed by atoms with Gasteiger partial charge in [0.15, 0.2) is 0 Å². The Morgan fingerprint density at radius 2 is 1.32 bits per heavy atom. The van der Waals surface area contributed by atoms with Crippen molar-refractivity contribution in [2.75, 3.05) is 0 Å². The number of carbonyl (C=O) groups excluding carboxylic acids is 1. The molecule has 2 rings (SSSR count). The van der Waals surface area contributed by atoms with Gasteiger partial charge < -0.3 is 0 Å². The van der Waals surface area contributed by atoms with Gasteiger partial charge in [-0.05, 0) is 36.5 Å². The highest BCUT2D eigenvalue weighted by Gasteiger charge is 2.34. The van der Waals surface area contributed by atoms with Crippen LogP contribution in [-0.2, 0) is 4.79 Å². The Hall–Kier alpha value is -0.330. The van der Waals surface area contributed by atoms with Gasteiger partial charge in [-0.2, -0.15) is 0 Å². The van der Waals surface area contributed by atoms with Gasteiger partial charge in [0.25, 0.3) is 0 Å². The van der Waals surface area contributed by atoms with Gasteiger partial charge in [-0.1, -0.05) is 58.8 Å². The summed E-state index contributed by atoms with van der Waals surface area (Å²) in [7, 11) is 0. The zero-order valence-corrected chi connectivity index (χ0v) is 13.0. The van der Waals surface area contributed by atoms with Crippen LogP contribution in [0.4, 0.5) is 0 Å². The Bertz CT molecular complexity index is 267. The molecule has 2 fully saturated rings. The van der Waals surface area contributed by atoms with E-state index in [2.05, 4.69) is 13.8 Å². The number of rotatable bonds is 5. The van der Waals surface area contributed by atoms with Crippen molar-refractivity contribution in [3.63, 3.8) is 0 Å². The highest BCUT2D eigenvalue weighted by molar-refractivity contribution is 5.79. The van der Waals surface area contributed by atoms with E-state index in [1.165, 1.54) is 57.8 Å². The third-order valence-corrected chi connectivity index (χ3v) is 5.94. The second kappa shape index (κ2) is 7.45. The van der Waals surface area contributed by atoms with E-state index in [1.54, 1.807) is 0 Å². The third-order valence-electron chi connectivity index (χ3n) is 5.94. The molecule has 1 nitrogen and oxygen atoms in total. The maximum atomic E-state index is 11.5. The molecule has 0 heterocycles. The summed E-state index contributed by atoms with van der Waals surface area (Å²) in [4.78, 5) is 11.5. The molecule has 0 aromatic rings. The van der Waals surface area contributed by atoms with E-state index >= 15 is 0 Å². The minimum absolute atomic E-state index is 0.511. The normalized spacial score (nSPS) is 26.3. The largest absolute Gasteiger partial charge is 0.300 e. The monoisotopic (exact) mass is 264 g/mol. The molecule has 0 bridgehead atoms. The van der Waals surface area contributed by atoms with Crippen molar-refractivity contribution in [1.82, 2.24) is 0 Å². The second-order valence-corrected chi connectivity index (χ2v) is 6.92.